The van der Waals surface area contributed by atoms with Gasteiger partial charge in [-0.3, -0.25) is 13.7 Å². The molecule has 178 valence electrons. The molecule has 4 aliphatic carbocycles. The molecule has 32 heavy (non-hydrogen) atoms. The Morgan fingerprint density at radius 1 is 1.16 bits per heavy atom. The molecule has 0 bridgehead atoms. The highest BCUT2D eigenvalue weighted by molar-refractivity contribution is 7.84. The Bertz CT molecular complexity index is 889. The Kier molecular flexibility index (Phi) is 6.09. The van der Waals surface area contributed by atoms with E-state index in [1.54, 1.807) is 23.3 Å². The van der Waals surface area contributed by atoms with Crippen LogP contribution in [0.25, 0.3) is 0 Å². The number of hydrogen-bond acceptors (Lipinski definition) is 3. The lowest BCUT2D eigenvalue weighted by molar-refractivity contribution is -0.131. The summed E-state index contributed by atoms with van der Waals surface area (Å²) in [5.74, 6) is 2.98. The van der Waals surface area contributed by atoms with Crippen molar-refractivity contribution in [2.75, 3.05) is 6.26 Å². The summed E-state index contributed by atoms with van der Waals surface area (Å²) >= 11 is 0. The maximum Gasteiger partial charge on any atom is 0.241 e. The van der Waals surface area contributed by atoms with Gasteiger partial charge in [0, 0.05) is 24.3 Å². The first kappa shape index (κ1) is 22.7. The van der Waals surface area contributed by atoms with Crippen molar-refractivity contribution in [1.82, 2.24) is 9.78 Å². The molecule has 0 spiro atoms. The zero-order valence-electron chi connectivity index (χ0n) is 19.2. The smallest absolute Gasteiger partial charge is 0.241 e. The van der Waals surface area contributed by atoms with Crippen molar-refractivity contribution in [3.63, 3.8) is 0 Å². The second-order valence-electron chi connectivity index (χ2n) is 11.3. The summed E-state index contributed by atoms with van der Waals surface area (Å²) in [5, 5.41) is 4.25. The molecule has 0 aliphatic heterocycles. The molecule has 0 saturated heterocycles. The number of aromatic nitrogens is 2. The molecule has 4 aliphatic rings. The SMILES string of the molecule is CS(=O)c1cnn(CC(=O)C2CCC3C4CCC5CC(C(F)F)CCC5C4CCC23C)c1. The zero-order valence-corrected chi connectivity index (χ0v) is 20.0. The molecule has 0 radical (unpaired) electrons. The third-order valence-corrected chi connectivity index (χ3v) is 10.9. The predicted molar refractivity (Wildman–Crippen MR) is 120 cm³/mol. The first-order valence-corrected chi connectivity index (χ1v) is 14.0. The van der Waals surface area contributed by atoms with Crippen LogP contribution >= 0.6 is 0 Å². The molecule has 1 heterocycles. The molecule has 4 fully saturated rings. The van der Waals surface area contributed by atoms with Crippen LogP contribution in [-0.2, 0) is 22.1 Å². The van der Waals surface area contributed by atoms with Crippen LogP contribution in [0.4, 0.5) is 8.78 Å². The fraction of sp³-hybridized carbons (Fsp3) is 0.840. The Morgan fingerprint density at radius 2 is 1.94 bits per heavy atom. The first-order chi connectivity index (χ1) is 15.3. The van der Waals surface area contributed by atoms with Crippen molar-refractivity contribution in [2.24, 2.45) is 46.8 Å². The lowest BCUT2D eigenvalue weighted by Gasteiger charge is -2.56. The van der Waals surface area contributed by atoms with E-state index in [0.29, 0.717) is 40.9 Å². The lowest BCUT2D eigenvalue weighted by Crippen LogP contribution is -2.49. The molecule has 0 N–H and O–H groups in total. The van der Waals surface area contributed by atoms with E-state index in [1.165, 1.54) is 0 Å². The second kappa shape index (κ2) is 8.59. The molecule has 7 heteroatoms. The van der Waals surface area contributed by atoms with Crippen molar-refractivity contribution < 1.29 is 17.8 Å². The number of fused-ring (bicyclic) bond motifs is 5. The molecule has 1 aromatic heterocycles. The molecular formula is C25H36F2N2O2S. The quantitative estimate of drug-likeness (QED) is 0.589. The Labute approximate surface area is 192 Å². The number of alkyl halides is 2. The first-order valence-electron chi connectivity index (χ1n) is 12.4. The largest absolute Gasteiger partial charge is 0.297 e. The lowest BCUT2D eigenvalue weighted by atomic mass is 9.49. The van der Waals surface area contributed by atoms with Gasteiger partial charge < -0.3 is 0 Å². The van der Waals surface area contributed by atoms with Crippen LogP contribution in [0.1, 0.15) is 64.7 Å². The number of rotatable bonds is 5. The van der Waals surface area contributed by atoms with Gasteiger partial charge in [0.2, 0.25) is 6.43 Å². The van der Waals surface area contributed by atoms with E-state index in [-0.39, 0.29) is 29.6 Å². The van der Waals surface area contributed by atoms with E-state index >= 15 is 0 Å². The van der Waals surface area contributed by atoms with Gasteiger partial charge in [0.25, 0.3) is 0 Å². The highest BCUT2D eigenvalue weighted by Crippen LogP contribution is 2.64. The zero-order chi connectivity index (χ0) is 22.6. The van der Waals surface area contributed by atoms with E-state index in [0.717, 1.165) is 51.4 Å². The number of carbonyl (C=O) groups is 1. The van der Waals surface area contributed by atoms with Gasteiger partial charge >= 0.3 is 0 Å². The minimum Gasteiger partial charge on any atom is -0.297 e. The molecule has 4 saturated carbocycles. The molecule has 0 amide bonds. The summed E-state index contributed by atoms with van der Waals surface area (Å²) in [6.07, 6.45) is 11.8. The third-order valence-electron chi connectivity index (χ3n) is 10.00. The van der Waals surface area contributed by atoms with Crippen molar-refractivity contribution in [2.45, 2.75) is 82.6 Å². The van der Waals surface area contributed by atoms with Crippen LogP contribution in [0.5, 0.6) is 0 Å². The number of carbonyl (C=O) groups excluding carboxylic acids is 1. The number of hydrogen-bond donors (Lipinski definition) is 0. The number of nitrogens with zero attached hydrogens (tertiary/aromatic N) is 2. The predicted octanol–water partition coefficient (Wildman–Crippen LogP) is 5.34. The van der Waals surface area contributed by atoms with Crippen LogP contribution in [0, 0.1) is 46.8 Å². The Morgan fingerprint density at radius 3 is 2.66 bits per heavy atom. The van der Waals surface area contributed by atoms with E-state index in [4.69, 9.17) is 0 Å². The molecule has 0 aromatic carbocycles. The summed E-state index contributed by atoms with van der Waals surface area (Å²) in [7, 11) is -1.09. The summed E-state index contributed by atoms with van der Waals surface area (Å²) in [5.41, 5.74) is 0.0504. The van der Waals surface area contributed by atoms with E-state index in [2.05, 4.69) is 12.0 Å². The average molecular weight is 467 g/mol. The Hall–Kier alpha value is -1.11. The molecular weight excluding hydrogens is 430 g/mol. The fourth-order valence-electron chi connectivity index (χ4n) is 8.50. The van der Waals surface area contributed by atoms with Crippen LogP contribution in [0.3, 0.4) is 0 Å². The summed E-state index contributed by atoms with van der Waals surface area (Å²) < 4.78 is 39.9. The topological polar surface area (TPSA) is 52.0 Å². The molecule has 5 rings (SSSR count). The second-order valence-corrected chi connectivity index (χ2v) is 12.7. The molecule has 9 atom stereocenters. The summed E-state index contributed by atoms with van der Waals surface area (Å²) in [6.45, 7) is 2.61. The summed E-state index contributed by atoms with van der Waals surface area (Å²) in [4.78, 5) is 14.0. The Balaban J connectivity index is 1.27. The molecule has 9 unspecified atom stereocenters. The highest BCUT2D eigenvalue weighted by Gasteiger charge is 2.58. The van der Waals surface area contributed by atoms with Gasteiger partial charge in [-0.05, 0) is 92.8 Å². The van der Waals surface area contributed by atoms with Gasteiger partial charge in [-0.1, -0.05) is 6.92 Å². The van der Waals surface area contributed by atoms with Crippen LogP contribution in [-0.4, -0.2) is 32.5 Å². The normalized spacial score (nSPS) is 42.2. The molecule has 1 aromatic rings. The monoisotopic (exact) mass is 466 g/mol. The fourth-order valence-corrected chi connectivity index (χ4v) is 8.96. The van der Waals surface area contributed by atoms with Gasteiger partial charge in [-0.2, -0.15) is 5.10 Å². The van der Waals surface area contributed by atoms with Crippen molar-refractivity contribution in [1.29, 1.82) is 0 Å². The number of halogens is 2. The van der Waals surface area contributed by atoms with Crippen molar-refractivity contribution in [3.05, 3.63) is 12.4 Å². The van der Waals surface area contributed by atoms with Gasteiger partial charge in [0.1, 0.15) is 0 Å². The van der Waals surface area contributed by atoms with Gasteiger partial charge in [-0.25, -0.2) is 8.78 Å². The third kappa shape index (κ3) is 3.80. The molecule has 4 nitrogen and oxygen atoms in total. The van der Waals surface area contributed by atoms with Crippen molar-refractivity contribution in [3.8, 4) is 0 Å². The maximum atomic E-state index is 13.3. The van der Waals surface area contributed by atoms with Gasteiger partial charge in [-0.15, -0.1) is 0 Å². The van der Waals surface area contributed by atoms with Crippen LogP contribution in [0.2, 0.25) is 0 Å². The number of ketones is 1. The minimum atomic E-state index is -2.16. The summed E-state index contributed by atoms with van der Waals surface area (Å²) in [6, 6.07) is 0. The van der Waals surface area contributed by atoms with E-state index in [9.17, 15) is 17.8 Å². The van der Waals surface area contributed by atoms with E-state index in [1.807, 2.05) is 0 Å². The van der Waals surface area contributed by atoms with Gasteiger partial charge in [0.05, 0.1) is 28.4 Å². The van der Waals surface area contributed by atoms with Crippen LogP contribution < -0.4 is 0 Å². The maximum absolute atomic E-state index is 13.3. The standard InChI is InChI=1S/C25H36F2N2O2S/c1-25-10-9-19-18-5-4-16(24(26)27)11-15(18)3-6-20(19)21(25)7-8-22(25)23(30)14-29-13-17(12-28-29)32(2)31/h12-13,15-16,18-22,24H,3-11,14H2,1-2H3. The average Bonchev–Trinajstić information content (AvgIpc) is 3.37. The van der Waals surface area contributed by atoms with Crippen LogP contribution in [0.15, 0.2) is 17.3 Å². The van der Waals surface area contributed by atoms with Gasteiger partial charge in [0.15, 0.2) is 5.78 Å². The highest BCUT2D eigenvalue weighted by atomic mass is 32.2. The van der Waals surface area contributed by atoms with Crippen molar-refractivity contribution >= 4 is 16.6 Å². The minimum absolute atomic E-state index is 0.0504. The number of Topliss-reactive ketones (excluding diaryl/α,β-unsaturated/α-hetero) is 1. The van der Waals surface area contributed by atoms with E-state index < -0.39 is 17.2 Å².